The SMILES string of the molecule is O=C1c2ccccc2C(=O)N1c1cccc(Cc2cccc(N3C(=O)c4ccccc4C3=O)c2)c1. The van der Waals surface area contributed by atoms with E-state index in [2.05, 4.69) is 0 Å². The lowest BCUT2D eigenvalue weighted by Crippen LogP contribution is -2.29. The normalized spacial score (nSPS) is 14.5. The minimum Gasteiger partial charge on any atom is -0.268 e. The van der Waals surface area contributed by atoms with Gasteiger partial charge in [0.1, 0.15) is 0 Å². The van der Waals surface area contributed by atoms with Crippen molar-refractivity contribution in [2.75, 3.05) is 9.80 Å². The van der Waals surface area contributed by atoms with Crippen LogP contribution in [0.5, 0.6) is 0 Å². The number of fused-ring (bicyclic) bond motifs is 2. The predicted molar refractivity (Wildman–Crippen MR) is 131 cm³/mol. The molecule has 2 aliphatic heterocycles. The van der Waals surface area contributed by atoms with Crippen molar-refractivity contribution in [2.45, 2.75) is 6.42 Å². The quantitative estimate of drug-likeness (QED) is 0.409. The molecular formula is C29H18N2O4. The molecule has 2 aliphatic rings. The number of carbonyl (C=O) groups excluding carboxylic acids is 4. The van der Waals surface area contributed by atoms with Gasteiger partial charge in [0.05, 0.1) is 33.6 Å². The summed E-state index contributed by atoms with van der Waals surface area (Å²) >= 11 is 0. The summed E-state index contributed by atoms with van der Waals surface area (Å²) < 4.78 is 0. The lowest BCUT2D eigenvalue weighted by molar-refractivity contribution is 0.0910. The first-order valence-electron chi connectivity index (χ1n) is 11.2. The van der Waals surface area contributed by atoms with E-state index in [0.717, 1.165) is 11.1 Å². The number of rotatable bonds is 4. The maximum atomic E-state index is 12.9. The lowest BCUT2D eigenvalue weighted by Gasteiger charge is -2.16. The fourth-order valence-corrected chi connectivity index (χ4v) is 4.69. The second kappa shape index (κ2) is 7.88. The smallest absolute Gasteiger partial charge is 0.266 e. The van der Waals surface area contributed by atoms with Crippen molar-refractivity contribution >= 4 is 35.0 Å². The van der Waals surface area contributed by atoms with Gasteiger partial charge in [0.2, 0.25) is 0 Å². The molecule has 0 N–H and O–H groups in total. The Morgan fingerprint density at radius 3 is 1.11 bits per heavy atom. The second-order valence-electron chi connectivity index (χ2n) is 8.50. The Morgan fingerprint density at radius 1 is 0.429 bits per heavy atom. The van der Waals surface area contributed by atoms with E-state index in [9.17, 15) is 19.2 Å². The van der Waals surface area contributed by atoms with E-state index in [-0.39, 0.29) is 23.6 Å². The molecule has 0 spiro atoms. The molecule has 2 heterocycles. The second-order valence-corrected chi connectivity index (χ2v) is 8.50. The molecular weight excluding hydrogens is 440 g/mol. The van der Waals surface area contributed by atoms with Crippen LogP contribution in [0.3, 0.4) is 0 Å². The standard InChI is InChI=1S/C29H18N2O4/c32-26-22-11-1-2-12-23(22)27(33)30(26)20-9-5-7-18(16-20)15-19-8-6-10-21(17-19)31-28(34)24-13-3-4-14-25(24)29(31)35/h1-14,16-17H,15H2. The van der Waals surface area contributed by atoms with E-state index in [1.54, 1.807) is 60.7 Å². The van der Waals surface area contributed by atoms with Crippen LogP contribution in [0.2, 0.25) is 0 Å². The summed E-state index contributed by atoms with van der Waals surface area (Å²) in [6, 6.07) is 28.1. The van der Waals surface area contributed by atoms with Gasteiger partial charge in [0.25, 0.3) is 23.6 Å². The zero-order chi connectivity index (χ0) is 24.1. The Morgan fingerprint density at radius 2 is 0.771 bits per heavy atom. The third-order valence-electron chi connectivity index (χ3n) is 6.33. The fourth-order valence-electron chi connectivity index (χ4n) is 4.69. The molecule has 0 bridgehead atoms. The first kappa shape index (κ1) is 20.7. The minimum absolute atomic E-state index is 0.338. The highest BCUT2D eigenvalue weighted by molar-refractivity contribution is 6.35. The van der Waals surface area contributed by atoms with Crippen molar-refractivity contribution in [2.24, 2.45) is 0 Å². The van der Waals surface area contributed by atoms with Gasteiger partial charge >= 0.3 is 0 Å². The van der Waals surface area contributed by atoms with E-state index in [4.69, 9.17) is 0 Å². The van der Waals surface area contributed by atoms with Crippen molar-refractivity contribution in [3.8, 4) is 0 Å². The summed E-state index contributed by atoms with van der Waals surface area (Å²) in [7, 11) is 0. The average molecular weight is 458 g/mol. The molecule has 0 aromatic heterocycles. The van der Waals surface area contributed by atoms with Crippen LogP contribution in [-0.2, 0) is 6.42 Å². The summed E-state index contributed by atoms with van der Waals surface area (Å²) in [6.07, 6.45) is 0.494. The van der Waals surface area contributed by atoms with Gasteiger partial charge in [-0.05, 0) is 66.1 Å². The molecule has 4 aromatic carbocycles. The van der Waals surface area contributed by atoms with Crippen molar-refractivity contribution < 1.29 is 19.2 Å². The van der Waals surface area contributed by atoms with Crippen LogP contribution < -0.4 is 9.80 Å². The molecule has 0 atom stereocenters. The van der Waals surface area contributed by atoms with Crippen LogP contribution in [0.25, 0.3) is 0 Å². The van der Waals surface area contributed by atoms with Crippen molar-refractivity contribution in [1.29, 1.82) is 0 Å². The van der Waals surface area contributed by atoms with Gasteiger partial charge < -0.3 is 0 Å². The largest absolute Gasteiger partial charge is 0.268 e. The van der Waals surface area contributed by atoms with E-state index >= 15 is 0 Å². The van der Waals surface area contributed by atoms with Crippen LogP contribution in [0.15, 0.2) is 97.1 Å². The molecule has 35 heavy (non-hydrogen) atoms. The van der Waals surface area contributed by atoms with E-state index in [0.29, 0.717) is 40.0 Å². The van der Waals surface area contributed by atoms with Gasteiger partial charge in [-0.15, -0.1) is 0 Å². The van der Waals surface area contributed by atoms with Crippen molar-refractivity contribution in [3.63, 3.8) is 0 Å². The molecule has 6 nitrogen and oxygen atoms in total. The Balaban J connectivity index is 1.28. The van der Waals surface area contributed by atoms with E-state index in [1.807, 2.05) is 36.4 Å². The third kappa shape index (κ3) is 3.27. The summed E-state index contributed by atoms with van der Waals surface area (Å²) in [5.74, 6) is -1.35. The van der Waals surface area contributed by atoms with Gasteiger partial charge in [0.15, 0.2) is 0 Å². The van der Waals surface area contributed by atoms with E-state index in [1.165, 1.54) is 9.80 Å². The first-order chi connectivity index (χ1) is 17.0. The number of imide groups is 2. The Kier molecular flexibility index (Phi) is 4.67. The molecule has 0 fully saturated rings. The zero-order valence-corrected chi connectivity index (χ0v) is 18.5. The molecule has 0 saturated heterocycles. The Bertz CT molecular complexity index is 1390. The zero-order valence-electron chi connectivity index (χ0n) is 18.5. The summed E-state index contributed by atoms with van der Waals surface area (Å²) in [5.41, 5.74) is 4.38. The summed E-state index contributed by atoms with van der Waals surface area (Å²) in [4.78, 5) is 53.8. The molecule has 168 valence electrons. The van der Waals surface area contributed by atoms with E-state index < -0.39 is 0 Å². The highest BCUT2D eigenvalue weighted by atomic mass is 16.2. The number of anilines is 2. The van der Waals surface area contributed by atoms with Crippen LogP contribution in [0, 0.1) is 0 Å². The lowest BCUT2D eigenvalue weighted by atomic mass is 10.0. The topological polar surface area (TPSA) is 74.8 Å². The fraction of sp³-hybridized carbons (Fsp3) is 0.0345. The third-order valence-corrected chi connectivity index (χ3v) is 6.33. The van der Waals surface area contributed by atoms with Gasteiger partial charge in [-0.25, -0.2) is 9.80 Å². The van der Waals surface area contributed by atoms with Crippen LogP contribution >= 0.6 is 0 Å². The number of carbonyl (C=O) groups is 4. The number of benzene rings is 4. The molecule has 6 rings (SSSR count). The van der Waals surface area contributed by atoms with Gasteiger partial charge in [-0.1, -0.05) is 48.5 Å². The first-order valence-corrected chi connectivity index (χ1v) is 11.2. The molecule has 4 aromatic rings. The highest BCUT2D eigenvalue weighted by Gasteiger charge is 2.37. The number of nitrogens with zero attached hydrogens (tertiary/aromatic N) is 2. The highest BCUT2D eigenvalue weighted by Crippen LogP contribution is 2.31. The van der Waals surface area contributed by atoms with Crippen molar-refractivity contribution in [3.05, 3.63) is 130 Å². The van der Waals surface area contributed by atoms with Gasteiger partial charge in [-0.3, -0.25) is 19.2 Å². The molecule has 6 heteroatoms. The number of hydrogen-bond acceptors (Lipinski definition) is 4. The number of hydrogen-bond donors (Lipinski definition) is 0. The predicted octanol–water partition coefficient (Wildman–Crippen LogP) is 4.88. The van der Waals surface area contributed by atoms with Crippen molar-refractivity contribution in [1.82, 2.24) is 0 Å². The summed E-state index contributed by atoms with van der Waals surface area (Å²) in [5, 5.41) is 0. The van der Waals surface area contributed by atoms with Gasteiger partial charge in [-0.2, -0.15) is 0 Å². The van der Waals surface area contributed by atoms with Crippen LogP contribution in [0.4, 0.5) is 11.4 Å². The van der Waals surface area contributed by atoms with Crippen LogP contribution in [-0.4, -0.2) is 23.6 Å². The van der Waals surface area contributed by atoms with Crippen LogP contribution in [0.1, 0.15) is 52.6 Å². The maximum absolute atomic E-state index is 12.9. The molecule has 0 aliphatic carbocycles. The molecule has 0 radical (unpaired) electrons. The monoisotopic (exact) mass is 458 g/mol. The number of amides is 4. The minimum atomic E-state index is -0.338. The molecule has 4 amide bonds. The Labute approximate surface area is 201 Å². The maximum Gasteiger partial charge on any atom is 0.266 e. The summed E-state index contributed by atoms with van der Waals surface area (Å²) in [6.45, 7) is 0. The van der Waals surface area contributed by atoms with Gasteiger partial charge in [0, 0.05) is 0 Å². The molecule has 0 unspecified atom stereocenters. The Hall–Kier alpha value is -4.84. The average Bonchev–Trinajstić information content (AvgIpc) is 3.29. The molecule has 0 saturated carbocycles.